The predicted molar refractivity (Wildman–Crippen MR) is 117 cm³/mol. The molecule has 2 aliphatic heterocycles. The van der Waals surface area contributed by atoms with Crippen molar-refractivity contribution in [2.24, 2.45) is 4.99 Å². The van der Waals surface area contributed by atoms with Crippen LogP contribution in [0.2, 0.25) is 0 Å². The second-order valence-electron chi connectivity index (χ2n) is 8.14. The Morgan fingerprint density at radius 3 is 2.53 bits per heavy atom. The van der Waals surface area contributed by atoms with E-state index in [0.717, 1.165) is 15.6 Å². The summed E-state index contributed by atoms with van der Waals surface area (Å²) in [6, 6.07) is 5.71. The number of hydrogen-bond donors (Lipinski definition) is 1. The molecule has 7 nitrogen and oxygen atoms in total. The summed E-state index contributed by atoms with van der Waals surface area (Å²) in [5, 5.41) is 3.14. The average Bonchev–Trinajstić information content (AvgIpc) is 2.67. The molecule has 0 spiro atoms. The van der Waals surface area contributed by atoms with Crippen LogP contribution in [0.3, 0.4) is 0 Å². The molecule has 0 saturated carbocycles. The third-order valence-electron chi connectivity index (χ3n) is 4.94. The SMILES string of the molecule is COC(=O)OC1=C(c2cc(C3=NCC(Br)=CN3)ccc2C)C(=O)C(C)(C)OC1(C)C. The molecule has 1 N–H and O–H groups in total. The highest BCUT2D eigenvalue weighted by atomic mass is 79.9. The number of rotatable bonds is 3. The number of carbonyl (C=O) groups excluding carboxylic acids is 2. The third kappa shape index (κ3) is 4.20. The Labute approximate surface area is 184 Å². The molecule has 8 heteroatoms. The molecule has 1 aromatic carbocycles. The molecule has 1 aromatic rings. The van der Waals surface area contributed by atoms with Gasteiger partial charge in [-0.2, -0.15) is 0 Å². The number of methoxy groups -OCH3 is 1. The van der Waals surface area contributed by atoms with Gasteiger partial charge in [0.1, 0.15) is 17.0 Å². The molecule has 160 valence electrons. The minimum absolute atomic E-state index is 0.125. The van der Waals surface area contributed by atoms with Gasteiger partial charge in [-0.05, 0) is 51.8 Å². The Bertz CT molecular complexity index is 1000. The van der Waals surface area contributed by atoms with Crippen LogP contribution < -0.4 is 5.32 Å². The number of benzene rings is 1. The second kappa shape index (κ2) is 8.00. The van der Waals surface area contributed by atoms with Crippen LogP contribution in [0.25, 0.3) is 5.57 Å². The second-order valence-corrected chi connectivity index (χ2v) is 9.16. The Balaban J connectivity index is 2.21. The third-order valence-corrected chi connectivity index (χ3v) is 5.42. The molecule has 0 atom stereocenters. The molecule has 0 aliphatic carbocycles. The number of Topliss-reactive ketones (excluding diaryl/α,β-unsaturated/α-hetero) is 1. The van der Waals surface area contributed by atoms with Gasteiger partial charge in [0.25, 0.3) is 0 Å². The van der Waals surface area contributed by atoms with Crippen LogP contribution in [0, 0.1) is 6.92 Å². The average molecular weight is 477 g/mol. The van der Waals surface area contributed by atoms with Crippen LogP contribution in [0.15, 0.2) is 39.6 Å². The van der Waals surface area contributed by atoms with Gasteiger partial charge in [-0.1, -0.05) is 28.1 Å². The number of hydrogen-bond acceptors (Lipinski definition) is 7. The molecule has 2 aliphatic rings. The van der Waals surface area contributed by atoms with Gasteiger partial charge in [-0.25, -0.2) is 4.79 Å². The van der Waals surface area contributed by atoms with Crippen LogP contribution in [-0.4, -0.2) is 42.6 Å². The summed E-state index contributed by atoms with van der Waals surface area (Å²) in [6.45, 7) is 9.36. The van der Waals surface area contributed by atoms with E-state index in [0.29, 0.717) is 23.5 Å². The highest BCUT2D eigenvalue weighted by molar-refractivity contribution is 9.11. The molecule has 3 rings (SSSR count). The highest BCUT2D eigenvalue weighted by Crippen LogP contribution is 2.42. The summed E-state index contributed by atoms with van der Waals surface area (Å²) in [6.07, 6.45) is 0.924. The highest BCUT2D eigenvalue weighted by Gasteiger charge is 2.49. The number of amidine groups is 1. The van der Waals surface area contributed by atoms with Crippen LogP contribution in [-0.2, 0) is 19.0 Å². The van der Waals surface area contributed by atoms with E-state index in [1.807, 2.05) is 31.3 Å². The maximum absolute atomic E-state index is 13.4. The maximum atomic E-state index is 13.4. The number of ketones is 1. The van der Waals surface area contributed by atoms with Gasteiger partial charge in [0.2, 0.25) is 0 Å². The first-order chi connectivity index (χ1) is 14.0. The van der Waals surface area contributed by atoms with Gasteiger partial charge in [0.05, 0.1) is 19.2 Å². The van der Waals surface area contributed by atoms with Gasteiger partial charge in [0.15, 0.2) is 11.5 Å². The van der Waals surface area contributed by atoms with Crippen LogP contribution in [0.4, 0.5) is 4.79 Å². The molecule has 30 heavy (non-hydrogen) atoms. The van der Waals surface area contributed by atoms with Gasteiger partial charge >= 0.3 is 6.16 Å². The molecule has 0 aromatic heterocycles. The minimum Gasteiger partial charge on any atom is -0.437 e. The Morgan fingerprint density at radius 1 is 1.23 bits per heavy atom. The van der Waals surface area contributed by atoms with Crippen molar-refractivity contribution in [1.29, 1.82) is 0 Å². The summed E-state index contributed by atoms with van der Waals surface area (Å²) in [5.74, 6) is 0.538. The summed E-state index contributed by atoms with van der Waals surface area (Å²) in [7, 11) is 1.22. The molecule has 2 heterocycles. The van der Waals surface area contributed by atoms with E-state index < -0.39 is 17.4 Å². The van der Waals surface area contributed by atoms with Gasteiger partial charge < -0.3 is 19.5 Å². The van der Waals surface area contributed by atoms with E-state index >= 15 is 0 Å². The smallest absolute Gasteiger partial charge is 0.437 e. The van der Waals surface area contributed by atoms with Crippen molar-refractivity contribution >= 4 is 39.3 Å². The standard InChI is InChI=1S/C22H25BrN2O5/c1-12-7-8-13(19-24-10-14(23)11-25-19)9-15(12)16-17(26)21(2,3)30-22(4,5)18(16)29-20(27)28-6/h7-10H,11H2,1-6H3,(H,24,25). The lowest BCUT2D eigenvalue weighted by Crippen LogP contribution is -2.50. The van der Waals surface area contributed by atoms with E-state index in [1.165, 1.54) is 7.11 Å². The number of ether oxygens (including phenoxy) is 3. The van der Waals surface area contributed by atoms with Gasteiger partial charge in [0, 0.05) is 16.2 Å². The molecular formula is C22H25BrN2O5. The monoisotopic (exact) mass is 476 g/mol. The number of carbonyl (C=O) groups is 2. The normalized spacial score (nSPS) is 20.2. The summed E-state index contributed by atoms with van der Waals surface area (Å²) < 4.78 is 17.1. The summed E-state index contributed by atoms with van der Waals surface area (Å²) >= 11 is 3.41. The van der Waals surface area contributed by atoms with Crippen molar-refractivity contribution < 1.29 is 23.8 Å². The topological polar surface area (TPSA) is 86.2 Å². The lowest BCUT2D eigenvalue weighted by molar-refractivity contribution is -0.158. The molecular weight excluding hydrogens is 452 g/mol. The molecule has 0 unspecified atom stereocenters. The zero-order valence-electron chi connectivity index (χ0n) is 17.9. The molecule has 0 amide bonds. The van der Waals surface area contributed by atoms with Crippen molar-refractivity contribution in [3.05, 3.63) is 51.3 Å². The molecule has 0 radical (unpaired) electrons. The quantitative estimate of drug-likeness (QED) is 0.656. The largest absolute Gasteiger partial charge is 0.513 e. The summed E-state index contributed by atoms with van der Waals surface area (Å²) in [5.41, 5.74) is 0.491. The zero-order chi connectivity index (χ0) is 22.3. The lowest BCUT2D eigenvalue weighted by Gasteiger charge is -2.41. The molecule has 0 saturated heterocycles. The number of aryl methyl sites for hydroxylation is 1. The molecule has 0 fully saturated rings. The Hall–Kier alpha value is -2.45. The van der Waals surface area contributed by atoms with Crippen molar-refractivity contribution in [3.63, 3.8) is 0 Å². The number of nitrogens with zero attached hydrogens (tertiary/aromatic N) is 1. The minimum atomic E-state index is -1.10. The lowest BCUT2D eigenvalue weighted by atomic mass is 9.81. The fourth-order valence-corrected chi connectivity index (χ4v) is 3.82. The fourth-order valence-electron chi connectivity index (χ4n) is 3.59. The first kappa shape index (κ1) is 22.2. The van der Waals surface area contributed by atoms with Gasteiger partial charge in [-0.15, -0.1) is 0 Å². The fraction of sp³-hybridized carbons (Fsp3) is 0.409. The van der Waals surface area contributed by atoms with Crippen LogP contribution >= 0.6 is 15.9 Å². The van der Waals surface area contributed by atoms with Crippen LogP contribution in [0.5, 0.6) is 0 Å². The Kier molecular flexibility index (Phi) is 5.93. The van der Waals surface area contributed by atoms with E-state index in [9.17, 15) is 9.59 Å². The maximum Gasteiger partial charge on any atom is 0.513 e. The molecule has 0 bridgehead atoms. The Morgan fingerprint density at radius 2 is 1.93 bits per heavy atom. The van der Waals surface area contributed by atoms with E-state index in [2.05, 4.69) is 31.0 Å². The van der Waals surface area contributed by atoms with Crippen molar-refractivity contribution in [2.45, 2.75) is 45.8 Å². The van der Waals surface area contributed by atoms with Crippen molar-refractivity contribution in [2.75, 3.05) is 13.7 Å². The first-order valence-electron chi connectivity index (χ1n) is 9.48. The number of aliphatic imine (C=N–C) groups is 1. The van der Waals surface area contributed by atoms with E-state index in [-0.39, 0.29) is 11.5 Å². The van der Waals surface area contributed by atoms with Crippen molar-refractivity contribution in [1.82, 2.24) is 5.32 Å². The number of halogens is 1. The van der Waals surface area contributed by atoms with E-state index in [1.54, 1.807) is 27.7 Å². The summed E-state index contributed by atoms with van der Waals surface area (Å²) in [4.78, 5) is 29.9. The predicted octanol–water partition coefficient (Wildman–Crippen LogP) is 4.23. The first-order valence-corrected chi connectivity index (χ1v) is 10.3. The van der Waals surface area contributed by atoms with Crippen molar-refractivity contribution in [3.8, 4) is 0 Å². The van der Waals surface area contributed by atoms with E-state index in [4.69, 9.17) is 9.47 Å². The zero-order valence-corrected chi connectivity index (χ0v) is 19.5. The van der Waals surface area contributed by atoms with Crippen LogP contribution in [0.1, 0.15) is 44.4 Å². The van der Waals surface area contributed by atoms with Gasteiger partial charge in [-0.3, -0.25) is 9.79 Å². The number of nitrogens with one attached hydrogen (secondary N) is 1.